The Morgan fingerprint density at radius 3 is 1.64 bits per heavy atom. The van der Waals surface area contributed by atoms with E-state index in [1.165, 1.54) is 72.3 Å². The molecule has 2 nitrogen and oxygen atoms in total. The van der Waals surface area contributed by atoms with Crippen LogP contribution < -0.4 is 0 Å². The monoisotopic (exact) mass is 749 g/mol. The van der Waals surface area contributed by atoms with Gasteiger partial charge in [-0.05, 0) is 126 Å². The summed E-state index contributed by atoms with van der Waals surface area (Å²) < 4.78 is 6.50. The maximum absolute atomic E-state index is 9.85. The zero-order valence-corrected chi connectivity index (χ0v) is 32.1. The van der Waals surface area contributed by atoms with E-state index in [4.69, 9.17) is 4.42 Å². The maximum atomic E-state index is 9.85. The normalized spacial score (nSPS) is 14.8. The second kappa shape index (κ2) is 13.2. The minimum absolute atomic E-state index is 0.0127. The van der Waals surface area contributed by atoms with Gasteiger partial charge in [-0.3, -0.25) is 0 Å². The van der Waals surface area contributed by atoms with E-state index < -0.39 is 0 Å². The molecule has 2 aliphatic carbocycles. The van der Waals surface area contributed by atoms with Crippen molar-refractivity contribution in [2.75, 3.05) is 0 Å². The second-order valence-corrected chi connectivity index (χ2v) is 15.9. The molecule has 2 atom stereocenters. The van der Waals surface area contributed by atoms with Gasteiger partial charge in [-0.2, -0.15) is 5.26 Å². The molecule has 0 radical (unpaired) electrons. The predicted octanol–water partition coefficient (Wildman–Crippen LogP) is 14.8. The third-order valence-corrected chi connectivity index (χ3v) is 12.7. The molecule has 10 aromatic rings. The van der Waals surface area contributed by atoms with Crippen LogP contribution in [0.15, 0.2) is 205 Å². The van der Waals surface area contributed by atoms with Gasteiger partial charge in [0.1, 0.15) is 11.2 Å². The van der Waals surface area contributed by atoms with Crippen molar-refractivity contribution in [3.63, 3.8) is 0 Å². The first-order chi connectivity index (χ1) is 29.2. The second-order valence-electron chi connectivity index (χ2n) is 15.9. The summed E-state index contributed by atoms with van der Waals surface area (Å²) in [7, 11) is 0. The predicted molar refractivity (Wildman–Crippen MR) is 240 cm³/mol. The lowest BCUT2D eigenvalue weighted by atomic mass is 9.87. The van der Waals surface area contributed by atoms with Gasteiger partial charge in [-0.15, -0.1) is 0 Å². The molecule has 0 bridgehead atoms. The SMILES string of the molecule is N#Cc1cccc(C2c3ccc(-c4cccc(-c5ccc6c(c5)-c5ccccc5C6c5ccccc5)c4)cc3-c3cc(-c4cccc5c4oc4ccccc45)ccc32)c1. The van der Waals surface area contributed by atoms with Crippen LogP contribution in [-0.4, -0.2) is 0 Å². The topological polar surface area (TPSA) is 36.9 Å². The average molecular weight is 750 g/mol. The number of hydrogen-bond donors (Lipinski definition) is 0. The van der Waals surface area contributed by atoms with E-state index in [1.54, 1.807) is 0 Å². The summed E-state index contributed by atoms with van der Waals surface area (Å²) in [5.74, 6) is 0.245. The summed E-state index contributed by atoms with van der Waals surface area (Å²) in [6.45, 7) is 0. The first-order valence-corrected chi connectivity index (χ1v) is 20.3. The van der Waals surface area contributed by atoms with Gasteiger partial charge >= 0.3 is 0 Å². The van der Waals surface area contributed by atoms with Gasteiger partial charge in [-0.25, -0.2) is 0 Å². The lowest BCUT2D eigenvalue weighted by Crippen LogP contribution is -1.99. The molecule has 9 aromatic carbocycles. The van der Waals surface area contributed by atoms with Crippen LogP contribution in [0, 0.1) is 11.3 Å². The largest absolute Gasteiger partial charge is 0.455 e. The zero-order valence-electron chi connectivity index (χ0n) is 32.1. The van der Waals surface area contributed by atoms with Crippen LogP contribution in [0.4, 0.5) is 0 Å². The van der Waals surface area contributed by atoms with E-state index in [9.17, 15) is 5.26 Å². The number of fused-ring (bicyclic) bond motifs is 9. The molecule has 0 spiro atoms. The van der Waals surface area contributed by atoms with Crippen molar-refractivity contribution in [2.45, 2.75) is 11.8 Å². The molecule has 2 heteroatoms. The number of hydrogen-bond acceptors (Lipinski definition) is 2. The minimum Gasteiger partial charge on any atom is -0.455 e. The molecule has 0 saturated carbocycles. The highest BCUT2D eigenvalue weighted by atomic mass is 16.3. The molecule has 0 fully saturated rings. The molecule has 0 amide bonds. The fourth-order valence-electron chi connectivity index (χ4n) is 9.98. The minimum atomic E-state index is 0.0127. The van der Waals surface area contributed by atoms with Crippen LogP contribution in [0.3, 0.4) is 0 Å². The molecule has 2 unspecified atom stereocenters. The molecule has 12 rings (SSSR count). The Morgan fingerprint density at radius 1 is 0.356 bits per heavy atom. The first-order valence-electron chi connectivity index (χ1n) is 20.3. The van der Waals surface area contributed by atoms with Crippen molar-refractivity contribution in [1.29, 1.82) is 5.26 Å². The summed E-state index contributed by atoms with van der Waals surface area (Å²) in [5.41, 5.74) is 22.1. The number of benzene rings is 9. The molecule has 1 aromatic heterocycles. The number of nitrogens with zero attached hydrogens (tertiary/aromatic N) is 1. The summed E-state index contributed by atoms with van der Waals surface area (Å²) in [5, 5.41) is 12.1. The molecule has 0 N–H and O–H groups in total. The number of rotatable bonds is 5. The quantitative estimate of drug-likeness (QED) is 0.176. The van der Waals surface area contributed by atoms with E-state index in [-0.39, 0.29) is 11.8 Å². The smallest absolute Gasteiger partial charge is 0.143 e. The Hall–Kier alpha value is -7.73. The van der Waals surface area contributed by atoms with E-state index in [2.05, 4.69) is 176 Å². The molecular formula is C57H35NO. The van der Waals surface area contributed by atoms with Gasteiger partial charge in [0.25, 0.3) is 0 Å². The molecule has 0 saturated heterocycles. The van der Waals surface area contributed by atoms with Crippen molar-refractivity contribution in [1.82, 2.24) is 0 Å². The first kappa shape index (κ1) is 33.4. The lowest BCUT2D eigenvalue weighted by molar-refractivity contribution is 0.670. The van der Waals surface area contributed by atoms with Crippen LogP contribution in [0.2, 0.25) is 0 Å². The Morgan fingerprint density at radius 2 is 0.881 bits per heavy atom. The number of furan rings is 1. The summed E-state index contributed by atoms with van der Waals surface area (Å²) in [4.78, 5) is 0. The third kappa shape index (κ3) is 5.26. The van der Waals surface area contributed by atoms with Crippen LogP contribution in [0.5, 0.6) is 0 Å². The summed E-state index contributed by atoms with van der Waals surface area (Å²) in [6.07, 6.45) is 0. The molecule has 2 aliphatic rings. The molecule has 1 heterocycles. The molecule has 59 heavy (non-hydrogen) atoms. The maximum Gasteiger partial charge on any atom is 0.143 e. The van der Waals surface area contributed by atoms with Gasteiger partial charge in [0.05, 0.1) is 11.6 Å². The van der Waals surface area contributed by atoms with Crippen molar-refractivity contribution >= 4 is 21.9 Å². The molecule has 0 aliphatic heterocycles. The van der Waals surface area contributed by atoms with Gasteiger partial charge < -0.3 is 4.42 Å². The highest BCUT2D eigenvalue weighted by molar-refractivity contribution is 6.09. The van der Waals surface area contributed by atoms with E-state index in [1.807, 2.05) is 30.3 Å². The Labute approximate surface area is 342 Å². The number of para-hydroxylation sites is 2. The summed E-state index contributed by atoms with van der Waals surface area (Å²) in [6, 6.07) is 74.7. The zero-order chi connectivity index (χ0) is 39.0. The van der Waals surface area contributed by atoms with Crippen molar-refractivity contribution in [3.8, 4) is 61.7 Å². The molecule has 274 valence electrons. The van der Waals surface area contributed by atoms with E-state index in [0.717, 1.165) is 38.6 Å². The van der Waals surface area contributed by atoms with E-state index >= 15 is 0 Å². The highest BCUT2D eigenvalue weighted by Crippen LogP contribution is 2.52. The van der Waals surface area contributed by atoms with Crippen LogP contribution in [0.1, 0.15) is 50.8 Å². The van der Waals surface area contributed by atoms with Gasteiger partial charge in [0.2, 0.25) is 0 Å². The van der Waals surface area contributed by atoms with E-state index in [0.29, 0.717) is 5.56 Å². The van der Waals surface area contributed by atoms with Crippen molar-refractivity contribution in [2.24, 2.45) is 0 Å². The van der Waals surface area contributed by atoms with Crippen LogP contribution in [0.25, 0.3) is 77.6 Å². The Kier molecular flexibility index (Phi) is 7.46. The van der Waals surface area contributed by atoms with Crippen molar-refractivity contribution < 1.29 is 4.42 Å². The molecular weight excluding hydrogens is 715 g/mol. The summed E-state index contributed by atoms with van der Waals surface area (Å²) >= 11 is 0. The Bertz CT molecular complexity index is 3360. The van der Waals surface area contributed by atoms with Crippen LogP contribution in [-0.2, 0) is 0 Å². The average Bonchev–Trinajstić information content (AvgIpc) is 3.96. The third-order valence-electron chi connectivity index (χ3n) is 12.7. The van der Waals surface area contributed by atoms with Crippen molar-refractivity contribution in [3.05, 3.63) is 239 Å². The fourth-order valence-corrected chi connectivity index (χ4v) is 9.98. The highest BCUT2D eigenvalue weighted by Gasteiger charge is 2.32. The number of nitriles is 1. The Balaban J connectivity index is 0.973. The van der Waals surface area contributed by atoms with Gasteiger partial charge in [0, 0.05) is 28.2 Å². The fraction of sp³-hybridized carbons (Fsp3) is 0.0351. The van der Waals surface area contributed by atoms with Crippen LogP contribution >= 0.6 is 0 Å². The standard InChI is InChI=1S/C57H35NO/c58-34-35-11-8-16-42(29-35)56-48-27-24-40(32-52(48)53-33-41(25-28-49(53)56)43-20-10-21-50-45-18-6-7-22-54(45)59-57(43)50)38-15-9-14-37(30-38)39-23-26-47-51(31-39)44-17-4-5-19-46(44)55(47)36-12-2-1-3-13-36/h1-33,55-56H. The van der Waals surface area contributed by atoms with Gasteiger partial charge in [-0.1, -0.05) is 158 Å². The lowest BCUT2D eigenvalue weighted by Gasteiger charge is -2.16. The van der Waals surface area contributed by atoms with Gasteiger partial charge in [0.15, 0.2) is 0 Å².